The van der Waals surface area contributed by atoms with E-state index in [9.17, 15) is 18.0 Å². The minimum atomic E-state index is -3.54. The van der Waals surface area contributed by atoms with Gasteiger partial charge < -0.3 is 15.4 Å². The van der Waals surface area contributed by atoms with Gasteiger partial charge in [0.05, 0.1) is 18.1 Å². The SMILES string of the molecule is C[C@H](NC(=O)C12CC3CC(CC(C3)C1)C2)C(=O)NCc1ccc(S(=O)(=O)N2CCOCC2)cc1. The summed E-state index contributed by atoms with van der Waals surface area (Å²) in [6.07, 6.45) is 6.73. The molecule has 1 aromatic carbocycles. The van der Waals surface area contributed by atoms with Crippen LogP contribution in [0.1, 0.15) is 51.0 Å². The molecular formula is C25H35N3O5S. The van der Waals surface area contributed by atoms with Crippen molar-refractivity contribution in [1.29, 1.82) is 0 Å². The Morgan fingerprint density at radius 3 is 2.15 bits per heavy atom. The van der Waals surface area contributed by atoms with Gasteiger partial charge in [-0.05, 0) is 80.9 Å². The summed E-state index contributed by atoms with van der Waals surface area (Å²) in [6.45, 7) is 3.52. The molecule has 1 atom stereocenters. The van der Waals surface area contributed by atoms with Gasteiger partial charge in [-0.2, -0.15) is 4.31 Å². The fraction of sp³-hybridized carbons (Fsp3) is 0.680. The van der Waals surface area contributed by atoms with Crippen LogP contribution in [0.3, 0.4) is 0 Å². The quantitative estimate of drug-likeness (QED) is 0.610. The Kier molecular flexibility index (Phi) is 6.46. The van der Waals surface area contributed by atoms with Crippen LogP contribution in [0.2, 0.25) is 0 Å². The van der Waals surface area contributed by atoms with Crippen LogP contribution in [0.25, 0.3) is 0 Å². The van der Waals surface area contributed by atoms with Gasteiger partial charge in [0.1, 0.15) is 6.04 Å². The topological polar surface area (TPSA) is 105 Å². The molecule has 2 N–H and O–H groups in total. The van der Waals surface area contributed by atoms with Gasteiger partial charge >= 0.3 is 0 Å². The first-order valence-electron chi connectivity index (χ1n) is 12.5. The first-order chi connectivity index (χ1) is 16.2. The summed E-state index contributed by atoms with van der Waals surface area (Å²) >= 11 is 0. The van der Waals surface area contributed by atoms with E-state index in [0.29, 0.717) is 44.1 Å². The number of hydrogen-bond acceptors (Lipinski definition) is 5. The molecule has 5 aliphatic rings. The summed E-state index contributed by atoms with van der Waals surface area (Å²) in [5.74, 6) is 1.85. The van der Waals surface area contributed by atoms with Crippen LogP contribution in [-0.2, 0) is 30.9 Å². The summed E-state index contributed by atoms with van der Waals surface area (Å²) in [7, 11) is -3.54. The maximum Gasteiger partial charge on any atom is 0.243 e. The lowest BCUT2D eigenvalue weighted by atomic mass is 9.49. The highest BCUT2D eigenvalue weighted by Gasteiger charge is 2.54. The van der Waals surface area contributed by atoms with E-state index in [2.05, 4.69) is 10.6 Å². The van der Waals surface area contributed by atoms with E-state index in [1.165, 1.54) is 23.6 Å². The highest BCUT2D eigenvalue weighted by molar-refractivity contribution is 7.89. The van der Waals surface area contributed by atoms with Crippen molar-refractivity contribution in [3.63, 3.8) is 0 Å². The summed E-state index contributed by atoms with van der Waals surface area (Å²) in [5, 5.41) is 5.86. The summed E-state index contributed by atoms with van der Waals surface area (Å²) in [4.78, 5) is 26.1. The zero-order chi connectivity index (χ0) is 23.9. The van der Waals surface area contributed by atoms with Crippen LogP contribution >= 0.6 is 0 Å². The lowest BCUT2D eigenvalue weighted by Crippen LogP contribution is -2.56. The molecule has 0 aromatic heterocycles. The predicted octanol–water partition coefficient (Wildman–Crippen LogP) is 2.04. The Hall–Kier alpha value is -1.97. The van der Waals surface area contributed by atoms with Gasteiger partial charge in [-0.15, -0.1) is 0 Å². The third-order valence-corrected chi connectivity index (χ3v) is 10.2. The smallest absolute Gasteiger partial charge is 0.243 e. The zero-order valence-corrected chi connectivity index (χ0v) is 20.6. The van der Waals surface area contributed by atoms with Gasteiger partial charge in [0.15, 0.2) is 0 Å². The lowest BCUT2D eigenvalue weighted by Gasteiger charge is -2.55. The monoisotopic (exact) mass is 489 g/mol. The molecule has 5 fully saturated rings. The van der Waals surface area contributed by atoms with Crippen LogP contribution in [0.5, 0.6) is 0 Å². The molecule has 8 nitrogen and oxygen atoms in total. The summed E-state index contributed by atoms with van der Waals surface area (Å²) in [6, 6.07) is 5.97. The lowest BCUT2D eigenvalue weighted by molar-refractivity contribution is -0.148. The standard InChI is InChI=1S/C25H35N3O5S/c1-17(27-24(30)25-13-19-10-20(14-25)12-21(11-19)15-25)23(29)26-16-18-2-4-22(5-3-18)34(31,32)28-6-8-33-9-7-28/h2-5,17,19-21H,6-16H2,1H3,(H,26,29)(H,27,30)/t17-,19?,20?,21?,25?/m0/s1. The molecule has 9 heteroatoms. The second kappa shape index (κ2) is 9.24. The van der Waals surface area contributed by atoms with Crippen molar-refractivity contribution in [2.24, 2.45) is 23.2 Å². The fourth-order valence-electron chi connectivity index (χ4n) is 6.86. The number of sulfonamides is 1. The Bertz CT molecular complexity index is 998. The van der Waals surface area contributed by atoms with Crippen molar-refractivity contribution in [1.82, 2.24) is 14.9 Å². The van der Waals surface area contributed by atoms with E-state index < -0.39 is 16.1 Å². The van der Waals surface area contributed by atoms with Gasteiger partial charge in [0, 0.05) is 25.0 Å². The largest absolute Gasteiger partial charge is 0.379 e. The Labute approximate surface area is 201 Å². The summed E-state index contributed by atoms with van der Waals surface area (Å²) < 4.78 is 32.2. The predicted molar refractivity (Wildman–Crippen MR) is 126 cm³/mol. The van der Waals surface area contributed by atoms with Gasteiger partial charge in [-0.25, -0.2) is 8.42 Å². The van der Waals surface area contributed by atoms with Crippen LogP contribution in [0.4, 0.5) is 0 Å². The van der Waals surface area contributed by atoms with Gasteiger partial charge in [-0.1, -0.05) is 12.1 Å². The molecule has 4 bridgehead atoms. The van der Waals surface area contributed by atoms with Crippen molar-refractivity contribution in [3.8, 4) is 0 Å². The molecule has 2 amide bonds. The minimum absolute atomic E-state index is 0.0481. The van der Waals surface area contributed by atoms with Crippen LogP contribution < -0.4 is 10.6 Å². The molecular weight excluding hydrogens is 454 g/mol. The first kappa shape index (κ1) is 23.8. The highest BCUT2D eigenvalue weighted by atomic mass is 32.2. The maximum absolute atomic E-state index is 13.2. The van der Waals surface area contributed by atoms with Crippen molar-refractivity contribution >= 4 is 21.8 Å². The van der Waals surface area contributed by atoms with Gasteiger partial charge in [0.2, 0.25) is 21.8 Å². The maximum atomic E-state index is 13.2. The number of hydrogen-bond donors (Lipinski definition) is 2. The number of morpholine rings is 1. The van der Waals surface area contributed by atoms with Gasteiger partial charge in [-0.3, -0.25) is 9.59 Å². The number of benzene rings is 1. The second-order valence-corrected chi connectivity index (χ2v) is 12.7. The molecule has 6 rings (SSSR count). The minimum Gasteiger partial charge on any atom is -0.379 e. The third kappa shape index (κ3) is 4.62. The number of ether oxygens (including phenoxy) is 1. The van der Waals surface area contributed by atoms with Crippen molar-refractivity contribution in [3.05, 3.63) is 29.8 Å². The number of amides is 2. The van der Waals surface area contributed by atoms with E-state index in [-0.39, 0.29) is 28.7 Å². The first-order valence-corrected chi connectivity index (χ1v) is 13.9. The van der Waals surface area contributed by atoms with Crippen molar-refractivity contribution in [2.45, 2.75) is 62.9 Å². The number of nitrogens with one attached hydrogen (secondary N) is 2. The third-order valence-electron chi connectivity index (χ3n) is 8.26. The number of carbonyl (C=O) groups is 2. The second-order valence-electron chi connectivity index (χ2n) is 10.8. The van der Waals surface area contributed by atoms with Crippen LogP contribution in [-0.4, -0.2) is 56.9 Å². The molecule has 0 radical (unpaired) electrons. The van der Waals surface area contributed by atoms with E-state index in [0.717, 1.165) is 24.8 Å². The van der Waals surface area contributed by atoms with E-state index in [4.69, 9.17) is 4.74 Å². The molecule has 1 aromatic rings. The van der Waals surface area contributed by atoms with E-state index in [1.54, 1.807) is 31.2 Å². The number of carbonyl (C=O) groups excluding carboxylic acids is 2. The molecule has 1 aliphatic heterocycles. The van der Waals surface area contributed by atoms with Crippen molar-refractivity contribution in [2.75, 3.05) is 26.3 Å². The normalized spacial score (nSPS) is 31.7. The van der Waals surface area contributed by atoms with Crippen LogP contribution in [0.15, 0.2) is 29.2 Å². The molecule has 0 spiro atoms. The molecule has 4 saturated carbocycles. The average Bonchev–Trinajstić information content (AvgIpc) is 2.82. The average molecular weight is 490 g/mol. The van der Waals surface area contributed by atoms with Crippen molar-refractivity contribution < 1.29 is 22.7 Å². The Balaban J connectivity index is 1.13. The number of rotatable bonds is 7. The molecule has 34 heavy (non-hydrogen) atoms. The Morgan fingerprint density at radius 2 is 1.59 bits per heavy atom. The highest BCUT2D eigenvalue weighted by Crippen LogP contribution is 2.60. The van der Waals surface area contributed by atoms with Crippen LogP contribution in [0, 0.1) is 23.2 Å². The molecule has 1 heterocycles. The van der Waals surface area contributed by atoms with Gasteiger partial charge in [0.25, 0.3) is 0 Å². The molecule has 1 saturated heterocycles. The molecule has 4 aliphatic carbocycles. The summed E-state index contributed by atoms with van der Waals surface area (Å²) in [5.41, 5.74) is 0.527. The Morgan fingerprint density at radius 1 is 1.03 bits per heavy atom. The fourth-order valence-corrected chi connectivity index (χ4v) is 8.27. The number of nitrogens with zero attached hydrogens (tertiary/aromatic N) is 1. The zero-order valence-electron chi connectivity index (χ0n) is 19.8. The molecule has 0 unspecified atom stereocenters. The molecule has 186 valence electrons. The van der Waals surface area contributed by atoms with E-state index >= 15 is 0 Å². The van der Waals surface area contributed by atoms with E-state index in [1.807, 2.05) is 0 Å².